The summed E-state index contributed by atoms with van der Waals surface area (Å²) >= 11 is 11.9. The topological polar surface area (TPSA) is 85.8 Å². The molecule has 1 heterocycles. The van der Waals surface area contributed by atoms with Gasteiger partial charge in [-0.05, 0) is 43.5 Å². The number of hydrogen-bond acceptors (Lipinski definition) is 3. The number of rotatable bonds is 5. The summed E-state index contributed by atoms with van der Waals surface area (Å²) in [4.78, 5) is 27.4. The minimum Gasteiger partial charge on any atom is -0.354 e. The minimum atomic E-state index is -0.892. The van der Waals surface area contributed by atoms with Gasteiger partial charge in [0.25, 0.3) is 5.91 Å². The average Bonchev–Trinajstić information content (AvgIpc) is 2.91. The van der Waals surface area contributed by atoms with Gasteiger partial charge >= 0.3 is 0 Å². The molecule has 1 amide bonds. The third kappa shape index (κ3) is 3.87. The van der Waals surface area contributed by atoms with Crippen molar-refractivity contribution < 1.29 is 9.59 Å². The normalized spacial score (nSPS) is 11.7. The minimum absolute atomic E-state index is 0.106. The van der Waals surface area contributed by atoms with Crippen LogP contribution in [0.25, 0.3) is 0 Å². The first-order chi connectivity index (χ1) is 11.8. The molecule has 2 aromatic rings. The lowest BCUT2D eigenvalue weighted by molar-refractivity contribution is 0.0939. The smallest absolute Gasteiger partial charge is 0.269 e. The van der Waals surface area contributed by atoms with Crippen molar-refractivity contribution in [2.24, 2.45) is 0 Å². The van der Waals surface area contributed by atoms with Crippen LogP contribution in [0.5, 0.6) is 0 Å². The summed E-state index contributed by atoms with van der Waals surface area (Å²) < 4.78 is 0. The zero-order chi connectivity index (χ0) is 18.7. The Hall–Kier alpha value is -2.29. The molecule has 25 heavy (non-hydrogen) atoms. The average molecular weight is 378 g/mol. The zero-order valence-electron chi connectivity index (χ0n) is 14.0. The first kappa shape index (κ1) is 19.0. The maximum Gasteiger partial charge on any atom is 0.269 e. The van der Waals surface area contributed by atoms with Gasteiger partial charge < -0.3 is 10.3 Å². The van der Waals surface area contributed by atoms with Crippen molar-refractivity contribution in [1.29, 1.82) is 5.26 Å². The number of aromatic amines is 1. The number of amides is 1. The molecule has 130 valence electrons. The molecular formula is C18H17Cl2N3O2. The molecular weight excluding hydrogens is 361 g/mol. The fourth-order valence-electron chi connectivity index (χ4n) is 2.79. The molecule has 0 spiro atoms. The molecule has 0 bridgehead atoms. The predicted molar refractivity (Wildman–Crippen MR) is 97.2 cm³/mol. The van der Waals surface area contributed by atoms with E-state index in [1.54, 1.807) is 25.1 Å². The summed E-state index contributed by atoms with van der Waals surface area (Å²) in [6.07, 6.45) is 0.520. The number of H-pyrrole nitrogens is 1. The SMILES string of the molecule is CCc1c(C(=O)NC(C#N)c2ccc(Cl)c(Cl)c2)[nH]c(C)c1C(C)=O. The lowest BCUT2D eigenvalue weighted by Gasteiger charge is -2.13. The van der Waals surface area contributed by atoms with Crippen LogP contribution in [-0.2, 0) is 6.42 Å². The molecule has 0 saturated carbocycles. The van der Waals surface area contributed by atoms with Crippen LogP contribution in [0.4, 0.5) is 0 Å². The molecule has 1 unspecified atom stereocenters. The maximum atomic E-state index is 12.6. The van der Waals surface area contributed by atoms with Crippen molar-refractivity contribution in [2.75, 3.05) is 0 Å². The summed E-state index contributed by atoms with van der Waals surface area (Å²) in [5.74, 6) is -0.559. The summed E-state index contributed by atoms with van der Waals surface area (Å²) in [6.45, 7) is 5.07. The largest absolute Gasteiger partial charge is 0.354 e. The molecule has 0 radical (unpaired) electrons. The van der Waals surface area contributed by atoms with E-state index in [0.717, 1.165) is 0 Å². The van der Waals surface area contributed by atoms with E-state index >= 15 is 0 Å². The van der Waals surface area contributed by atoms with E-state index in [-0.39, 0.29) is 5.78 Å². The third-order valence-electron chi connectivity index (χ3n) is 3.91. The fourth-order valence-corrected chi connectivity index (χ4v) is 3.09. The van der Waals surface area contributed by atoms with Crippen LogP contribution >= 0.6 is 23.2 Å². The Bertz CT molecular complexity index is 881. The number of carbonyl (C=O) groups is 2. The number of nitriles is 1. The molecule has 2 N–H and O–H groups in total. The zero-order valence-corrected chi connectivity index (χ0v) is 15.5. The number of ketones is 1. The van der Waals surface area contributed by atoms with Gasteiger partial charge in [0, 0.05) is 11.3 Å². The van der Waals surface area contributed by atoms with Crippen molar-refractivity contribution in [3.63, 3.8) is 0 Å². The Balaban J connectivity index is 2.35. The van der Waals surface area contributed by atoms with Gasteiger partial charge in [-0.3, -0.25) is 9.59 Å². The van der Waals surface area contributed by atoms with Crippen LogP contribution in [0.15, 0.2) is 18.2 Å². The number of benzene rings is 1. The van der Waals surface area contributed by atoms with Crippen molar-refractivity contribution >= 4 is 34.9 Å². The Morgan fingerprint density at radius 3 is 2.52 bits per heavy atom. The lowest BCUT2D eigenvalue weighted by atomic mass is 10.0. The molecule has 1 aromatic carbocycles. The van der Waals surface area contributed by atoms with E-state index in [9.17, 15) is 14.9 Å². The molecule has 1 aromatic heterocycles. The van der Waals surface area contributed by atoms with E-state index in [1.165, 1.54) is 6.92 Å². The number of nitrogens with one attached hydrogen (secondary N) is 2. The molecule has 0 aliphatic heterocycles. The number of hydrogen-bond donors (Lipinski definition) is 2. The monoisotopic (exact) mass is 377 g/mol. The van der Waals surface area contributed by atoms with Crippen LogP contribution in [0.3, 0.4) is 0 Å². The van der Waals surface area contributed by atoms with Crippen LogP contribution in [-0.4, -0.2) is 16.7 Å². The molecule has 0 fully saturated rings. The summed E-state index contributed by atoms with van der Waals surface area (Å²) in [7, 11) is 0. The number of nitrogens with zero attached hydrogens (tertiary/aromatic N) is 1. The van der Waals surface area contributed by atoms with E-state index in [1.807, 2.05) is 13.0 Å². The van der Waals surface area contributed by atoms with Crippen molar-refractivity contribution in [1.82, 2.24) is 10.3 Å². The number of Topliss-reactive ketones (excluding diaryl/α,β-unsaturated/α-hetero) is 1. The Kier molecular flexibility index (Phi) is 5.89. The Morgan fingerprint density at radius 2 is 2.00 bits per heavy atom. The van der Waals surface area contributed by atoms with E-state index < -0.39 is 11.9 Å². The number of aryl methyl sites for hydroxylation is 1. The summed E-state index contributed by atoms with van der Waals surface area (Å²) in [5, 5.41) is 12.7. The van der Waals surface area contributed by atoms with Gasteiger partial charge in [0.2, 0.25) is 0 Å². The first-order valence-corrected chi connectivity index (χ1v) is 8.43. The van der Waals surface area contributed by atoms with Gasteiger partial charge in [0.15, 0.2) is 5.78 Å². The van der Waals surface area contributed by atoms with Crippen LogP contribution < -0.4 is 5.32 Å². The second-order valence-electron chi connectivity index (χ2n) is 5.60. The Morgan fingerprint density at radius 1 is 1.32 bits per heavy atom. The van der Waals surface area contributed by atoms with Crippen molar-refractivity contribution in [3.8, 4) is 6.07 Å². The molecule has 2 rings (SSSR count). The second-order valence-corrected chi connectivity index (χ2v) is 6.41. The van der Waals surface area contributed by atoms with Crippen molar-refractivity contribution in [2.45, 2.75) is 33.2 Å². The highest BCUT2D eigenvalue weighted by atomic mass is 35.5. The Labute approximate surface area is 155 Å². The van der Waals surface area contributed by atoms with E-state index in [4.69, 9.17) is 23.2 Å². The van der Waals surface area contributed by atoms with Gasteiger partial charge in [-0.2, -0.15) is 5.26 Å². The predicted octanol–water partition coefficient (Wildman–Crippen LogP) is 4.39. The quantitative estimate of drug-likeness (QED) is 0.757. The second kappa shape index (κ2) is 7.73. The van der Waals surface area contributed by atoms with Gasteiger partial charge in [-0.15, -0.1) is 0 Å². The summed E-state index contributed by atoms with van der Waals surface area (Å²) in [5.41, 5.74) is 2.63. The number of halogens is 2. The van der Waals surface area contributed by atoms with Gasteiger partial charge in [-0.1, -0.05) is 36.2 Å². The lowest BCUT2D eigenvalue weighted by Crippen LogP contribution is -2.28. The van der Waals surface area contributed by atoms with E-state index in [0.29, 0.717) is 44.5 Å². The number of carbonyl (C=O) groups excluding carboxylic acids is 2. The van der Waals surface area contributed by atoms with Gasteiger partial charge in [-0.25, -0.2) is 0 Å². The van der Waals surface area contributed by atoms with E-state index in [2.05, 4.69) is 10.3 Å². The van der Waals surface area contributed by atoms with Crippen LogP contribution in [0, 0.1) is 18.3 Å². The highest BCUT2D eigenvalue weighted by Crippen LogP contribution is 2.26. The molecule has 5 nitrogen and oxygen atoms in total. The maximum absolute atomic E-state index is 12.6. The third-order valence-corrected chi connectivity index (χ3v) is 4.64. The molecule has 1 atom stereocenters. The van der Waals surface area contributed by atoms with Crippen molar-refractivity contribution in [3.05, 3.63) is 56.3 Å². The first-order valence-electron chi connectivity index (χ1n) is 7.67. The molecule has 0 saturated heterocycles. The molecule has 0 aliphatic carbocycles. The highest BCUT2D eigenvalue weighted by molar-refractivity contribution is 6.42. The molecule has 7 heteroatoms. The summed E-state index contributed by atoms with van der Waals surface area (Å²) in [6, 6.07) is 5.88. The molecule has 0 aliphatic rings. The van der Waals surface area contributed by atoms with Crippen LogP contribution in [0.1, 0.15) is 57.6 Å². The van der Waals surface area contributed by atoms with Crippen LogP contribution in [0.2, 0.25) is 10.0 Å². The standard InChI is InChI=1S/C18H17Cl2N3O2/c1-4-12-16(10(3)24)9(2)22-17(12)18(25)23-15(8-21)11-5-6-13(19)14(20)7-11/h5-7,15,22H,4H2,1-3H3,(H,23,25). The highest BCUT2D eigenvalue weighted by Gasteiger charge is 2.24. The number of aromatic nitrogens is 1. The fraction of sp³-hybridized carbons (Fsp3) is 0.278. The van der Waals surface area contributed by atoms with Gasteiger partial charge in [0.05, 0.1) is 16.1 Å². The van der Waals surface area contributed by atoms with Gasteiger partial charge in [0.1, 0.15) is 11.7 Å².